The SMILES string of the molecule is CCCCC/C=C\C/C=C\CCCCCCCC(=O)NCCOCCOCCOCCC(=O)OC(C)(C)C. The molecule has 0 aliphatic rings. The van der Waals surface area contributed by atoms with Crippen molar-refractivity contribution in [3.8, 4) is 0 Å². The molecule has 1 N–H and O–H groups in total. The Hall–Kier alpha value is -1.70. The van der Waals surface area contributed by atoms with E-state index < -0.39 is 5.60 Å². The van der Waals surface area contributed by atoms with Crippen molar-refractivity contribution in [1.29, 1.82) is 0 Å². The number of nitrogens with one attached hydrogen (secondary N) is 1. The molecule has 0 aromatic heterocycles. The first kappa shape index (κ1) is 36.3. The maximum Gasteiger partial charge on any atom is 0.308 e. The van der Waals surface area contributed by atoms with Gasteiger partial charge in [-0.25, -0.2) is 0 Å². The lowest BCUT2D eigenvalue weighted by Gasteiger charge is -2.19. The molecule has 0 atom stereocenters. The van der Waals surface area contributed by atoms with E-state index in [1.54, 1.807) is 0 Å². The maximum atomic E-state index is 11.9. The fraction of sp³-hybridized carbons (Fsp3) is 0.806. The lowest BCUT2D eigenvalue weighted by molar-refractivity contribution is -0.156. The Morgan fingerprint density at radius 1 is 0.658 bits per heavy atom. The summed E-state index contributed by atoms with van der Waals surface area (Å²) < 4.78 is 21.5. The highest BCUT2D eigenvalue weighted by atomic mass is 16.6. The minimum Gasteiger partial charge on any atom is -0.460 e. The fourth-order valence-electron chi connectivity index (χ4n) is 3.54. The van der Waals surface area contributed by atoms with Crippen LogP contribution in [0.2, 0.25) is 0 Å². The van der Waals surface area contributed by atoms with Gasteiger partial charge in [0.25, 0.3) is 0 Å². The van der Waals surface area contributed by atoms with Crippen LogP contribution in [-0.2, 0) is 28.5 Å². The van der Waals surface area contributed by atoms with E-state index in [-0.39, 0.29) is 18.3 Å². The Morgan fingerprint density at radius 2 is 1.21 bits per heavy atom. The van der Waals surface area contributed by atoms with Gasteiger partial charge >= 0.3 is 5.97 Å². The zero-order valence-electron chi connectivity index (χ0n) is 24.9. The average Bonchev–Trinajstić information content (AvgIpc) is 2.86. The van der Waals surface area contributed by atoms with Crippen LogP contribution >= 0.6 is 0 Å². The van der Waals surface area contributed by atoms with E-state index in [1.807, 2.05) is 20.8 Å². The van der Waals surface area contributed by atoms with Gasteiger partial charge < -0.3 is 24.3 Å². The molecule has 7 nitrogen and oxygen atoms in total. The molecule has 0 aromatic carbocycles. The molecule has 0 aliphatic carbocycles. The monoisotopic (exact) mass is 539 g/mol. The van der Waals surface area contributed by atoms with Crippen molar-refractivity contribution in [3.05, 3.63) is 24.3 Å². The maximum absolute atomic E-state index is 11.9. The molecule has 0 fully saturated rings. The highest BCUT2D eigenvalue weighted by Gasteiger charge is 2.15. The van der Waals surface area contributed by atoms with E-state index in [0.29, 0.717) is 52.6 Å². The first-order valence-corrected chi connectivity index (χ1v) is 14.9. The standard InChI is InChI=1S/C31H57NO6/c1-5-6-7-8-9-10-11-12-13-14-15-16-17-18-19-20-29(33)32-22-24-36-26-28-37-27-25-35-23-21-30(34)38-31(2,3)4/h9-10,12-13H,5-8,11,14-28H2,1-4H3,(H,32,33)/b10-9-,13-12-. The number of carbonyl (C=O) groups excluding carboxylic acids is 2. The minimum atomic E-state index is -0.467. The van der Waals surface area contributed by atoms with Crippen molar-refractivity contribution >= 4 is 11.9 Å². The van der Waals surface area contributed by atoms with E-state index in [2.05, 4.69) is 36.5 Å². The summed E-state index contributed by atoms with van der Waals surface area (Å²) in [6.45, 7) is 10.9. The number of unbranched alkanes of at least 4 members (excludes halogenated alkanes) is 8. The van der Waals surface area contributed by atoms with Crippen LogP contribution in [0.5, 0.6) is 0 Å². The molecule has 222 valence electrons. The summed E-state index contributed by atoms with van der Waals surface area (Å²) in [5.74, 6) is -0.163. The first-order valence-electron chi connectivity index (χ1n) is 14.9. The minimum absolute atomic E-state index is 0.0964. The fourth-order valence-corrected chi connectivity index (χ4v) is 3.54. The molecule has 0 rings (SSSR count). The third-order valence-electron chi connectivity index (χ3n) is 5.54. The van der Waals surface area contributed by atoms with Gasteiger partial charge in [-0.05, 0) is 59.3 Å². The molecule has 38 heavy (non-hydrogen) atoms. The van der Waals surface area contributed by atoms with Gasteiger partial charge in [0.15, 0.2) is 0 Å². The van der Waals surface area contributed by atoms with Gasteiger partial charge in [0.2, 0.25) is 5.91 Å². The Morgan fingerprint density at radius 3 is 1.84 bits per heavy atom. The molecular weight excluding hydrogens is 482 g/mol. The smallest absolute Gasteiger partial charge is 0.308 e. The summed E-state index contributed by atoms with van der Waals surface area (Å²) >= 11 is 0. The Balaban J connectivity index is 3.31. The molecule has 0 spiro atoms. The van der Waals surface area contributed by atoms with Gasteiger partial charge in [-0.1, -0.05) is 63.3 Å². The second-order valence-corrected chi connectivity index (χ2v) is 10.5. The van der Waals surface area contributed by atoms with Gasteiger partial charge in [-0.3, -0.25) is 9.59 Å². The molecule has 0 aliphatic heterocycles. The van der Waals surface area contributed by atoms with Crippen molar-refractivity contribution in [2.75, 3.05) is 46.2 Å². The molecule has 0 heterocycles. The van der Waals surface area contributed by atoms with Crippen molar-refractivity contribution in [2.45, 2.75) is 117 Å². The number of ether oxygens (including phenoxy) is 4. The molecule has 0 radical (unpaired) electrons. The number of esters is 1. The third kappa shape index (κ3) is 30.5. The molecule has 0 aromatic rings. The molecule has 0 unspecified atom stereocenters. The van der Waals surface area contributed by atoms with Crippen LogP contribution in [0.3, 0.4) is 0 Å². The predicted octanol–water partition coefficient (Wildman–Crippen LogP) is 6.70. The first-order chi connectivity index (χ1) is 18.3. The highest BCUT2D eigenvalue weighted by Crippen LogP contribution is 2.09. The largest absolute Gasteiger partial charge is 0.460 e. The lowest BCUT2D eigenvalue weighted by Crippen LogP contribution is -2.27. The Kier molecular flexibility index (Phi) is 25.7. The quantitative estimate of drug-likeness (QED) is 0.0748. The number of hydrogen-bond donors (Lipinski definition) is 1. The van der Waals surface area contributed by atoms with Crippen molar-refractivity contribution < 1.29 is 28.5 Å². The summed E-state index contributed by atoms with van der Waals surface area (Å²) in [5, 5.41) is 2.90. The number of rotatable bonds is 26. The topological polar surface area (TPSA) is 83.1 Å². The second kappa shape index (κ2) is 26.9. The highest BCUT2D eigenvalue weighted by molar-refractivity contribution is 5.75. The van der Waals surface area contributed by atoms with Gasteiger partial charge in [0.05, 0.1) is 46.1 Å². The predicted molar refractivity (Wildman–Crippen MR) is 155 cm³/mol. The number of hydrogen-bond acceptors (Lipinski definition) is 6. The lowest BCUT2D eigenvalue weighted by atomic mass is 10.1. The average molecular weight is 540 g/mol. The van der Waals surface area contributed by atoms with E-state index in [0.717, 1.165) is 25.7 Å². The number of allylic oxidation sites excluding steroid dienone is 4. The van der Waals surface area contributed by atoms with Crippen LogP contribution in [0, 0.1) is 0 Å². The van der Waals surface area contributed by atoms with Crippen molar-refractivity contribution in [3.63, 3.8) is 0 Å². The number of carbonyl (C=O) groups is 2. The summed E-state index contributed by atoms with van der Waals surface area (Å²) in [6.07, 6.45) is 23.0. The van der Waals surface area contributed by atoms with Gasteiger partial charge in [-0.15, -0.1) is 0 Å². The Bertz CT molecular complexity index is 612. The molecule has 0 saturated heterocycles. The summed E-state index contributed by atoms with van der Waals surface area (Å²) in [7, 11) is 0. The molecule has 0 bridgehead atoms. The van der Waals surface area contributed by atoms with E-state index in [4.69, 9.17) is 18.9 Å². The number of amides is 1. The van der Waals surface area contributed by atoms with Crippen LogP contribution in [0.25, 0.3) is 0 Å². The van der Waals surface area contributed by atoms with Crippen LogP contribution in [-0.4, -0.2) is 63.7 Å². The van der Waals surface area contributed by atoms with Crippen molar-refractivity contribution in [1.82, 2.24) is 5.32 Å². The zero-order chi connectivity index (χ0) is 28.2. The third-order valence-corrected chi connectivity index (χ3v) is 5.54. The van der Waals surface area contributed by atoms with E-state index in [1.165, 1.54) is 44.9 Å². The van der Waals surface area contributed by atoms with Gasteiger partial charge in [-0.2, -0.15) is 0 Å². The molecule has 7 heteroatoms. The molecular formula is C31H57NO6. The van der Waals surface area contributed by atoms with Crippen LogP contribution in [0.1, 0.15) is 111 Å². The zero-order valence-corrected chi connectivity index (χ0v) is 24.9. The normalized spacial score (nSPS) is 12.0. The molecule has 0 saturated carbocycles. The summed E-state index contributed by atoms with van der Waals surface area (Å²) in [6, 6.07) is 0. The van der Waals surface area contributed by atoms with Crippen LogP contribution in [0.15, 0.2) is 24.3 Å². The van der Waals surface area contributed by atoms with Crippen LogP contribution < -0.4 is 5.32 Å². The summed E-state index contributed by atoms with van der Waals surface area (Å²) in [4.78, 5) is 23.4. The van der Waals surface area contributed by atoms with Gasteiger partial charge in [0, 0.05) is 13.0 Å². The second-order valence-electron chi connectivity index (χ2n) is 10.5. The molecule has 1 amide bonds. The van der Waals surface area contributed by atoms with Crippen molar-refractivity contribution in [2.24, 2.45) is 0 Å². The van der Waals surface area contributed by atoms with E-state index in [9.17, 15) is 9.59 Å². The Labute approximate surface area is 233 Å². The summed E-state index contributed by atoms with van der Waals surface area (Å²) in [5.41, 5.74) is -0.467. The van der Waals surface area contributed by atoms with Crippen LogP contribution in [0.4, 0.5) is 0 Å². The van der Waals surface area contributed by atoms with Gasteiger partial charge in [0.1, 0.15) is 5.60 Å². The van der Waals surface area contributed by atoms with E-state index >= 15 is 0 Å².